The molecule has 1 atom stereocenters. The van der Waals surface area contributed by atoms with Crippen molar-refractivity contribution in [3.8, 4) is 0 Å². The SMILES string of the molecule is C=C(C)CNC(CN)c1ccc(F)c(F)c1. The van der Waals surface area contributed by atoms with Gasteiger partial charge in [0, 0.05) is 19.1 Å². The van der Waals surface area contributed by atoms with E-state index in [9.17, 15) is 8.78 Å². The molecular formula is C12H16F2N2. The maximum atomic E-state index is 13.0. The van der Waals surface area contributed by atoms with Crippen molar-refractivity contribution >= 4 is 0 Å². The summed E-state index contributed by atoms with van der Waals surface area (Å²) < 4.78 is 25.8. The number of rotatable bonds is 5. The Balaban J connectivity index is 2.78. The van der Waals surface area contributed by atoms with Gasteiger partial charge in [0.2, 0.25) is 0 Å². The molecule has 0 aliphatic rings. The lowest BCUT2D eigenvalue weighted by Gasteiger charge is -2.17. The van der Waals surface area contributed by atoms with Crippen molar-refractivity contribution in [1.29, 1.82) is 0 Å². The zero-order valence-corrected chi connectivity index (χ0v) is 9.26. The van der Waals surface area contributed by atoms with Gasteiger partial charge in [0.15, 0.2) is 11.6 Å². The number of benzene rings is 1. The summed E-state index contributed by atoms with van der Waals surface area (Å²) in [6.07, 6.45) is 0. The molecule has 1 aromatic rings. The fourth-order valence-electron chi connectivity index (χ4n) is 1.36. The van der Waals surface area contributed by atoms with Gasteiger partial charge in [-0.3, -0.25) is 0 Å². The Labute approximate surface area is 94.2 Å². The highest BCUT2D eigenvalue weighted by Crippen LogP contribution is 2.15. The van der Waals surface area contributed by atoms with Gasteiger partial charge in [0.1, 0.15) is 0 Å². The van der Waals surface area contributed by atoms with Gasteiger partial charge < -0.3 is 11.1 Å². The first kappa shape index (κ1) is 12.8. The summed E-state index contributed by atoms with van der Waals surface area (Å²) in [5, 5.41) is 3.12. The lowest BCUT2D eigenvalue weighted by Crippen LogP contribution is -2.29. The predicted molar refractivity (Wildman–Crippen MR) is 61.0 cm³/mol. The van der Waals surface area contributed by atoms with E-state index in [0.29, 0.717) is 18.7 Å². The smallest absolute Gasteiger partial charge is 0.159 e. The molecule has 4 heteroatoms. The molecule has 1 unspecified atom stereocenters. The molecule has 16 heavy (non-hydrogen) atoms. The van der Waals surface area contributed by atoms with Gasteiger partial charge in [-0.1, -0.05) is 18.2 Å². The molecule has 0 aromatic heterocycles. The summed E-state index contributed by atoms with van der Waals surface area (Å²) in [5.41, 5.74) is 7.17. The second-order valence-electron chi connectivity index (χ2n) is 3.80. The summed E-state index contributed by atoms with van der Waals surface area (Å²) >= 11 is 0. The van der Waals surface area contributed by atoms with Crippen molar-refractivity contribution in [3.63, 3.8) is 0 Å². The van der Waals surface area contributed by atoms with Crippen molar-refractivity contribution in [1.82, 2.24) is 5.32 Å². The molecule has 0 amide bonds. The molecular weight excluding hydrogens is 210 g/mol. The average Bonchev–Trinajstić information content (AvgIpc) is 2.23. The molecule has 0 aliphatic carbocycles. The number of nitrogens with two attached hydrogens (primary N) is 1. The monoisotopic (exact) mass is 226 g/mol. The largest absolute Gasteiger partial charge is 0.329 e. The fraction of sp³-hybridized carbons (Fsp3) is 0.333. The normalized spacial score (nSPS) is 12.5. The van der Waals surface area contributed by atoms with E-state index in [1.807, 2.05) is 6.92 Å². The second kappa shape index (κ2) is 5.72. The maximum Gasteiger partial charge on any atom is 0.159 e. The van der Waals surface area contributed by atoms with Gasteiger partial charge in [0.05, 0.1) is 0 Å². The van der Waals surface area contributed by atoms with Crippen LogP contribution in [0, 0.1) is 11.6 Å². The van der Waals surface area contributed by atoms with Crippen LogP contribution in [0.2, 0.25) is 0 Å². The van der Waals surface area contributed by atoms with Crippen LogP contribution in [-0.2, 0) is 0 Å². The van der Waals surface area contributed by atoms with E-state index in [-0.39, 0.29) is 6.04 Å². The van der Waals surface area contributed by atoms with E-state index in [4.69, 9.17) is 5.73 Å². The quantitative estimate of drug-likeness (QED) is 0.755. The summed E-state index contributed by atoms with van der Waals surface area (Å²) in [4.78, 5) is 0. The van der Waals surface area contributed by atoms with Crippen LogP contribution in [0.15, 0.2) is 30.4 Å². The highest BCUT2D eigenvalue weighted by atomic mass is 19.2. The van der Waals surface area contributed by atoms with Gasteiger partial charge in [-0.2, -0.15) is 0 Å². The van der Waals surface area contributed by atoms with Crippen LogP contribution < -0.4 is 11.1 Å². The highest BCUT2D eigenvalue weighted by molar-refractivity contribution is 5.22. The standard InChI is InChI=1S/C12H16F2N2/c1-8(2)7-16-12(6-15)9-3-4-10(13)11(14)5-9/h3-5,12,16H,1,6-7,15H2,2H3. The Morgan fingerprint density at radius 2 is 2.12 bits per heavy atom. The van der Waals surface area contributed by atoms with Crippen LogP contribution >= 0.6 is 0 Å². The molecule has 0 radical (unpaired) electrons. The van der Waals surface area contributed by atoms with Crippen LogP contribution in [-0.4, -0.2) is 13.1 Å². The molecule has 3 N–H and O–H groups in total. The second-order valence-corrected chi connectivity index (χ2v) is 3.80. The third-order valence-corrected chi connectivity index (χ3v) is 2.23. The van der Waals surface area contributed by atoms with Crippen molar-refractivity contribution < 1.29 is 8.78 Å². The van der Waals surface area contributed by atoms with E-state index in [1.54, 1.807) is 0 Å². The van der Waals surface area contributed by atoms with Gasteiger partial charge >= 0.3 is 0 Å². The molecule has 0 saturated heterocycles. The van der Waals surface area contributed by atoms with Gasteiger partial charge in [-0.15, -0.1) is 0 Å². The summed E-state index contributed by atoms with van der Waals surface area (Å²) in [5.74, 6) is -1.70. The Hall–Kier alpha value is -1.26. The van der Waals surface area contributed by atoms with Gasteiger partial charge in [0.25, 0.3) is 0 Å². The lowest BCUT2D eigenvalue weighted by atomic mass is 10.1. The maximum absolute atomic E-state index is 13.0. The van der Waals surface area contributed by atoms with Crippen LogP contribution in [0.1, 0.15) is 18.5 Å². The van der Waals surface area contributed by atoms with Crippen LogP contribution in [0.3, 0.4) is 0 Å². The Morgan fingerprint density at radius 1 is 1.44 bits per heavy atom. The summed E-state index contributed by atoms with van der Waals surface area (Å²) in [6, 6.07) is 3.61. The van der Waals surface area contributed by atoms with E-state index >= 15 is 0 Å². The third kappa shape index (κ3) is 3.40. The number of hydrogen-bond donors (Lipinski definition) is 2. The van der Waals surface area contributed by atoms with Crippen LogP contribution in [0.25, 0.3) is 0 Å². The van der Waals surface area contributed by atoms with Crippen molar-refractivity contribution in [3.05, 3.63) is 47.5 Å². The minimum Gasteiger partial charge on any atom is -0.329 e. The average molecular weight is 226 g/mol. The summed E-state index contributed by atoms with van der Waals surface area (Å²) in [6.45, 7) is 6.55. The van der Waals surface area contributed by atoms with E-state index in [1.165, 1.54) is 6.07 Å². The molecule has 88 valence electrons. The Kier molecular flexibility index (Phi) is 4.58. The molecule has 1 rings (SSSR count). The zero-order valence-electron chi connectivity index (χ0n) is 9.26. The number of halogens is 2. The molecule has 0 bridgehead atoms. The third-order valence-electron chi connectivity index (χ3n) is 2.23. The van der Waals surface area contributed by atoms with E-state index in [0.717, 1.165) is 17.7 Å². The fourth-order valence-corrected chi connectivity index (χ4v) is 1.36. The Morgan fingerprint density at radius 3 is 2.62 bits per heavy atom. The van der Waals surface area contributed by atoms with Gasteiger partial charge in [-0.05, 0) is 24.6 Å². The molecule has 0 saturated carbocycles. The van der Waals surface area contributed by atoms with Crippen LogP contribution in [0.5, 0.6) is 0 Å². The molecule has 0 aliphatic heterocycles. The van der Waals surface area contributed by atoms with Gasteiger partial charge in [-0.25, -0.2) is 8.78 Å². The predicted octanol–water partition coefficient (Wildman–Crippen LogP) is 2.13. The zero-order chi connectivity index (χ0) is 12.1. The topological polar surface area (TPSA) is 38.0 Å². The highest BCUT2D eigenvalue weighted by Gasteiger charge is 2.11. The van der Waals surface area contributed by atoms with E-state index in [2.05, 4.69) is 11.9 Å². The lowest BCUT2D eigenvalue weighted by molar-refractivity contribution is 0.500. The summed E-state index contributed by atoms with van der Waals surface area (Å²) in [7, 11) is 0. The van der Waals surface area contributed by atoms with Crippen molar-refractivity contribution in [2.75, 3.05) is 13.1 Å². The number of nitrogens with one attached hydrogen (secondary N) is 1. The molecule has 2 nitrogen and oxygen atoms in total. The first-order valence-corrected chi connectivity index (χ1v) is 5.07. The van der Waals surface area contributed by atoms with Crippen LogP contribution in [0.4, 0.5) is 8.78 Å². The van der Waals surface area contributed by atoms with Crippen molar-refractivity contribution in [2.45, 2.75) is 13.0 Å². The molecule has 1 aromatic carbocycles. The minimum atomic E-state index is -0.854. The minimum absolute atomic E-state index is 0.188. The molecule has 0 fully saturated rings. The Bertz CT molecular complexity index is 377. The first-order chi connectivity index (χ1) is 7.54. The molecule has 0 spiro atoms. The van der Waals surface area contributed by atoms with E-state index < -0.39 is 11.6 Å². The first-order valence-electron chi connectivity index (χ1n) is 5.07. The number of hydrogen-bond acceptors (Lipinski definition) is 2. The van der Waals surface area contributed by atoms with Crippen molar-refractivity contribution in [2.24, 2.45) is 5.73 Å². The molecule has 0 heterocycles.